The molecule has 0 aliphatic rings. The summed E-state index contributed by atoms with van der Waals surface area (Å²) in [6.07, 6.45) is 2.94. The van der Waals surface area contributed by atoms with Crippen molar-refractivity contribution in [1.82, 2.24) is 9.78 Å². The van der Waals surface area contributed by atoms with Gasteiger partial charge in [-0.2, -0.15) is 5.10 Å². The first-order valence-electron chi connectivity index (χ1n) is 5.81. The minimum absolute atomic E-state index is 0.557. The van der Waals surface area contributed by atoms with Crippen molar-refractivity contribution < 1.29 is 0 Å². The van der Waals surface area contributed by atoms with Gasteiger partial charge >= 0.3 is 0 Å². The molecule has 1 aromatic heterocycles. The van der Waals surface area contributed by atoms with Crippen LogP contribution < -0.4 is 5.32 Å². The number of aromatic nitrogens is 2. The fraction of sp³-hybridized carbons (Fsp3) is 0.308. The van der Waals surface area contributed by atoms with E-state index in [1.807, 2.05) is 30.1 Å². The Kier molecular flexibility index (Phi) is 4.15. The third-order valence-electron chi connectivity index (χ3n) is 2.75. The SMILES string of the molecule is CCc1nn(C)cc1CNc1cccc(Cl)c1Cl. The second-order valence-corrected chi connectivity index (χ2v) is 4.87. The Labute approximate surface area is 117 Å². The highest BCUT2D eigenvalue weighted by Crippen LogP contribution is 2.29. The molecule has 0 spiro atoms. The van der Waals surface area contributed by atoms with Gasteiger partial charge in [0.2, 0.25) is 0 Å². The molecule has 0 unspecified atom stereocenters. The molecule has 0 saturated carbocycles. The summed E-state index contributed by atoms with van der Waals surface area (Å²) in [5.74, 6) is 0. The Balaban J connectivity index is 2.13. The summed E-state index contributed by atoms with van der Waals surface area (Å²) in [6, 6.07) is 5.56. The number of nitrogens with one attached hydrogen (secondary N) is 1. The minimum atomic E-state index is 0.557. The first kappa shape index (κ1) is 13.2. The zero-order valence-electron chi connectivity index (χ0n) is 10.4. The van der Waals surface area contributed by atoms with Crippen LogP contribution in [0.1, 0.15) is 18.2 Å². The average molecular weight is 284 g/mol. The molecule has 0 atom stereocenters. The van der Waals surface area contributed by atoms with Crippen molar-refractivity contribution in [3.8, 4) is 0 Å². The van der Waals surface area contributed by atoms with Crippen molar-refractivity contribution in [1.29, 1.82) is 0 Å². The maximum Gasteiger partial charge on any atom is 0.0823 e. The van der Waals surface area contributed by atoms with Crippen LogP contribution in [0, 0.1) is 0 Å². The van der Waals surface area contributed by atoms with Crippen molar-refractivity contribution in [3.63, 3.8) is 0 Å². The fourth-order valence-corrected chi connectivity index (χ4v) is 2.23. The predicted molar refractivity (Wildman–Crippen MR) is 76.4 cm³/mol. The van der Waals surface area contributed by atoms with Gasteiger partial charge in [0.1, 0.15) is 0 Å². The molecule has 3 nitrogen and oxygen atoms in total. The number of rotatable bonds is 4. The summed E-state index contributed by atoms with van der Waals surface area (Å²) in [7, 11) is 1.93. The maximum absolute atomic E-state index is 6.12. The van der Waals surface area contributed by atoms with Gasteiger partial charge in [0.15, 0.2) is 0 Å². The van der Waals surface area contributed by atoms with Crippen molar-refractivity contribution in [2.24, 2.45) is 7.05 Å². The van der Waals surface area contributed by atoms with Gasteiger partial charge in [-0.25, -0.2) is 0 Å². The van der Waals surface area contributed by atoms with Crippen LogP contribution in [0.25, 0.3) is 0 Å². The predicted octanol–water partition coefficient (Wildman–Crippen LogP) is 3.90. The van der Waals surface area contributed by atoms with E-state index in [9.17, 15) is 0 Å². The Hall–Kier alpha value is -1.19. The standard InChI is InChI=1S/C13H15Cl2N3/c1-3-11-9(8-18(2)17-11)7-16-12-6-4-5-10(14)13(12)15/h4-6,8,16H,3,7H2,1-2H3. The number of aryl methyl sites for hydroxylation is 2. The van der Waals surface area contributed by atoms with Gasteiger partial charge in [-0.3, -0.25) is 4.68 Å². The Morgan fingerprint density at radius 3 is 2.83 bits per heavy atom. The van der Waals surface area contributed by atoms with Crippen molar-refractivity contribution in [2.75, 3.05) is 5.32 Å². The third-order valence-corrected chi connectivity index (χ3v) is 3.57. The van der Waals surface area contributed by atoms with Gasteiger partial charge in [0.25, 0.3) is 0 Å². The highest BCUT2D eigenvalue weighted by molar-refractivity contribution is 6.43. The van der Waals surface area contributed by atoms with Gasteiger partial charge in [-0.15, -0.1) is 0 Å². The molecule has 1 N–H and O–H groups in total. The lowest BCUT2D eigenvalue weighted by Crippen LogP contribution is -2.01. The van der Waals surface area contributed by atoms with Crippen LogP contribution in [0.4, 0.5) is 5.69 Å². The minimum Gasteiger partial charge on any atom is -0.380 e. The lowest BCUT2D eigenvalue weighted by atomic mass is 10.2. The number of anilines is 1. The van der Waals surface area contributed by atoms with E-state index in [0.29, 0.717) is 16.6 Å². The van der Waals surface area contributed by atoms with E-state index >= 15 is 0 Å². The molecular formula is C13H15Cl2N3. The van der Waals surface area contributed by atoms with E-state index in [-0.39, 0.29) is 0 Å². The second-order valence-electron chi connectivity index (χ2n) is 4.08. The molecule has 2 rings (SSSR count). The quantitative estimate of drug-likeness (QED) is 0.922. The third kappa shape index (κ3) is 2.79. The van der Waals surface area contributed by atoms with Crippen LogP contribution in [-0.4, -0.2) is 9.78 Å². The molecule has 0 radical (unpaired) electrons. The first-order chi connectivity index (χ1) is 8.61. The highest BCUT2D eigenvalue weighted by atomic mass is 35.5. The summed E-state index contributed by atoms with van der Waals surface area (Å²) in [5, 5.41) is 8.80. The lowest BCUT2D eigenvalue weighted by molar-refractivity contribution is 0.746. The van der Waals surface area contributed by atoms with Gasteiger partial charge in [0, 0.05) is 25.4 Å². The van der Waals surface area contributed by atoms with Gasteiger partial charge in [-0.05, 0) is 18.6 Å². The maximum atomic E-state index is 6.12. The first-order valence-corrected chi connectivity index (χ1v) is 6.56. The van der Waals surface area contributed by atoms with E-state index in [0.717, 1.165) is 17.8 Å². The van der Waals surface area contributed by atoms with E-state index in [4.69, 9.17) is 23.2 Å². The van der Waals surface area contributed by atoms with Crippen LogP contribution >= 0.6 is 23.2 Å². The van der Waals surface area contributed by atoms with Crippen LogP contribution in [0.15, 0.2) is 24.4 Å². The Morgan fingerprint density at radius 2 is 2.11 bits per heavy atom. The molecular weight excluding hydrogens is 269 g/mol. The van der Waals surface area contributed by atoms with Gasteiger partial charge in [-0.1, -0.05) is 36.2 Å². The zero-order valence-corrected chi connectivity index (χ0v) is 11.9. The normalized spacial score (nSPS) is 10.7. The summed E-state index contributed by atoms with van der Waals surface area (Å²) in [4.78, 5) is 0. The second kappa shape index (κ2) is 5.63. The smallest absolute Gasteiger partial charge is 0.0823 e. The monoisotopic (exact) mass is 283 g/mol. The highest BCUT2D eigenvalue weighted by Gasteiger charge is 2.07. The van der Waals surface area contributed by atoms with E-state index < -0.39 is 0 Å². The molecule has 0 aliphatic heterocycles. The summed E-state index contributed by atoms with van der Waals surface area (Å²) < 4.78 is 1.83. The topological polar surface area (TPSA) is 29.9 Å². The van der Waals surface area contributed by atoms with Crippen LogP contribution in [0.2, 0.25) is 10.0 Å². The van der Waals surface area contributed by atoms with Gasteiger partial charge < -0.3 is 5.32 Å². The molecule has 0 bridgehead atoms. The Bertz CT molecular complexity index is 549. The summed E-state index contributed by atoms with van der Waals surface area (Å²) >= 11 is 12.1. The fourth-order valence-electron chi connectivity index (χ4n) is 1.86. The van der Waals surface area contributed by atoms with Crippen molar-refractivity contribution in [3.05, 3.63) is 45.7 Å². The number of benzene rings is 1. The molecule has 0 aliphatic carbocycles. The van der Waals surface area contributed by atoms with Gasteiger partial charge in [0.05, 0.1) is 21.4 Å². The molecule has 0 saturated heterocycles. The molecule has 96 valence electrons. The largest absolute Gasteiger partial charge is 0.380 e. The van der Waals surface area contributed by atoms with Crippen LogP contribution in [-0.2, 0) is 20.0 Å². The molecule has 0 fully saturated rings. The van der Waals surface area contributed by atoms with E-state index in [1.54, 1.807) is 6.07 Å². The molecule has 2 aromatic rings. The molecule has 1 aromatic carbocycles. The van der Waals surface area contributed by atoms with E-state index in [1.165, 1.54) is 5.56 Å². The molecule has 18 heavy (non-hydrogen) atoms. The van der Waals surface area contributed by atoms with E-state index in [2.05, 4.69) is 17.3 Å². The van der Waals surface area contributed by atoms with Crippen molar-refractivity contribution >= 4 is 28.9 Å². The number of hydrogen-bond acceptors (Lipinski definition) is 2. The van der Waals surface area contributed by atoms with Crippen LogP contribution in [0.5, 0.6) is 0 Å². The zero-order chi connectivity index (χ0) is 13.1. The molecule has 1 heterocycles. The summed E-state index contributed by atoms with van der Waals surface area (Å²) in [6.45, 7) is 2.79. The lowest BCUT2D eigenvalue weighted by Gasteiger charge is -2.08. The van der Waals surface area contributed by atoms with Crippen LogP contribution in [0.3, 0.4) is 0 Å². The molecule has 0 amide bonds. The number of halogens is 2. The molecule has 5 heteroatoms. The Morgan fingerprint density at radius 1 is 1.33 bits per heavy atom. The number of hydrogen-bond donors (Lipinski definition) is 1. The number of nitrogens with zero attached hydrogens (tertiary/aromatic N) is 2. The summed E-state index contributed by atoms with van der Waals surface area (Å²) in [5.41, 5.74) is 3.12. The van der Waals surface area contributed by atoms with Crippen molar-refractivity contribution in [2.45, 2.75) is 19.9 Å². The average Bonchev–Trinajstić information content (AvgIpc) is 2.71.